The Balaban J connectivity index is 1.52. The Hall–Kier alpha value is -2.61. The monoisotopic (exact) mass is 455 g/mol. The second-order valence-electron chi connectivity index (χ2n) is 6.56. The number of hydrogen-bond donors (Lipinski definition) is 1. The number of carbonyl (C=O) groups excluding carboxylic acids is 1. The summed E-state index contributed by atoms with van der Waals surface area (Å²) in [6.07, 6.45) is 1.54. The highest BCUT2D eigenvalue weighted by molar-refractivity contribution is 8.00. The fourth-order valence-electron chi connectivity index (χ4n) is 2.98. The maximum Gasteiger partial charge on any atom is 0.234 e. The molecule has 0 atom stereocenters. The van der Waals surface area contributed by atoms with Gasteiger partial charge in [0.05, 0.1) is 23.3 Å². The van der Waals surface area contributed by atoms with Crippen LogP contribution >= 0.6 is 34.7 Å². The van der Waals surface area contributed by atoms with Crippen molar-refractivity contribution in [3.63, 3.8) is 0 Å². The van der Waals surface area contributed by atoms with Gasteiger partial charge in [-0.05, 0) is 30.7 Å². The summed E-state index contributed by atoms with van der Waals surface area (Å²) in [6.45, 7) is 2.06. The lowest BCUT2D eigenvalue weighted by atomic mass is 10.1. The summed E-state index contributed by atoms with van der Waals surface area (Å²) in [4.78, 5) is 22.2. The zero-order valence-corrected chi connectivity index (χ0v) is 18.7. The minimum atomic E-state index is -0.139. The third-order valence-corrected chi connectivity index (χ3v) is 6.64. The topological polar surface area (TPSA) is 64.1 Å². The molecule has 0 aliphatic carbocycles. The number of thioether (sulfide) groups is 1. The highest BCUT2D eigenvalue weighted by atomic mass is 35.5. The van der Waals surface area contributed by atoms with E-state index in [1.54, 1.807) is 43.0 Å². The highest BCUT2D eigenvalue weighted by Gasteiger charge is 2.15. The Morgan fingerprint density at radius 2 is 2.00 bits per heavy atom. The number of aromatic nitrogens is 2. The van der Waals surface area contributed by atoms with E-state index < -0.39 is 0 Å². The van der Waals surface area contributed by atoms with Gasteiger partial charge >= 0.3 is 0 Å². The Bertz CT molecular complexity index is 1210. The van der Waals surface area contributed by atoms with Crippen LogP contribution in [0.4, 0.5) is 5.69 Å². The molecule has 8 heteroatoms. The molecule has 0 aliphatic heterocycles. The van der Waals surface area contributed by atoms with Gasteiger partial charge in [0, 0.05) is 16.6 Å². The summed E-state index contributed by atoms with van der Waals surface area (Å²) in [5, 5.41) is 7.17. The van der Waals surface area contributed by atoms with E-state index in [2.05, 4.69) is 51.9 Å². The Labute approximate surface area is 187 Å². The summed E-state index contributed by atoms with van der Waals surface area (Å²) in [5.41, 5.74) is 4.02. The molecule has 2 aromatic carbocycles. The van der Waals surface area contributed by atoms with Gasteiger partial charge < -0.3 is 10.1 Å². The zero-order valence-electron chi connectivity index (χ0n) is 16.3. The van der Waals surface area contributed by atoms with E-state index in [0.29, 0.717) is 16.5 Å². The van der Waals surface area contributed by atoms with Gasteiger partial charge in [0.1, 0.15) is 21.9 Å². The molecule has 0 fully saturated rings. The molecule has 0 aliphatic rings. The van der Waals surface area contributed by atoms with Crippen LogP contribution in [0.2, 0.25) is 5.02 Å². The van der Waals surface area contributed by atoms with Gasteiger partial charge in [-0.3, -0.25) is 4.79 Å². The number of ether oxygens (including phenoxy) is 1. The van der Waals surface area contributed by atoms with E-state index in [-0.39, 0.29) is 11.7 Å². The summed E-state index contributed by atoms with van der Waals surface area (Å²) in [7, 11) is 1.55. The average Bonchev–Trinajstić information content (AvgIpc) is 3.18. The van der Waals surface area contributed by atoms with Crippen LogP contribution in [0.5, 0.6) is 5.75 Å². The Kier molecular flexibility index (Phi) is 6.22. The number of fused-ring (bicyclic) bond motifs is 1. The second-order valence-corrected chi connectivity index (χ2v) is 8.79. The molecule has 2 aromatic heterocycles. The number of anilines is 1. The van der Waals surface area contributed by atoms with Crippen LogP contribution in [0.1, 0.15) is 5.56 Å². The first-order valence-electron chi connectivity index (χ1n) is 9.10. The largest absolute Gasteiger partial charge is 0.495 e. The number of carbonyl (C=O) groups is 1. The maximum absolute atomic E-state index is 12.5. The first-order chi connectivity index (χ1) is 14.5. The third-order valence-electron chi connectivity index (χ3n) is 4.47. The molecule has 1 N–H and O–H groups in total. The van der Waals surface area contributed by atoms with E-state index in [4.69, 9.17) is 16.3 Å². The number of nitrogens with zero attached hydrogens (tertiary/aromatic N) is 2. The van der Waals surface area contributed by atoms with Gasteiger partial charge in [0.2, 0.25) is 5.91 Å². The summed E-state index contributed by atoms with van der Waals surface area (Å²) >= 11 is 9.10. The number of methoxy groups -OCH3 is 1. The molecule has 0 unspecified atom stereocenters. The molecule has 4 rings (SSSR count). The van der Waals surface area contributed by atoms with Gasteiger partial charge in [0.25, 0.3) is 0 Å². The molecule has 0 radical (unpaired) electrons. The minimum absolute atomic E-state index is 0.139. The number of hydrogen-bond acceptors (Lipinski definition) is 6. The summed E-state index contributed by atoms with van der Waals surface area (Å²) in [6, 6.07) is 13.5. The average molecular weight is 456 g/mol. The number of benzene rings is 2. The van der Waals surface area contributed by atoms with Gasteiger partial charge in [-0.1, -0.05) is 53.2 Å². The van der Waals surface area contributed by atoms with Crippen molar-refractivity contribution in [1.82, 2.24) is 9.97 Å². The van der Waals surface area contributed by atoms with E-state index in [1.165, 1.54) is 17.3 Å². The van der Waals surface area contributed by atoms with E-state index >= 15 is 0 Å². The number of halogens is 1. The summed E-state index contributed by atoms with van der Waals surface area (Å²) < 4.78 is 5.14. The van der Waals surface area contributed by atoms with Crippen molar-refractivity contribution in [2.45, 2.75) is 11.9 Å². The number of rotatable bonds is 6. The Morgan fingerprint density at radius 3 is 2.73 bits per heavy atom. The lowest BCUT2D eigenvalue weighted by Crippen LogP contribution is -2.14. The molecule has 4 aromatic rings. The van der Waals surface area contributed by atoms with Crippen LogP contribution in [-0.2, 0) is 4.79 Å². The van der Waals surface area contributed by atoms with Crippen LogP contribution in [0, 0.1) is 6.92 Å². The van der Waals surface area contributed by atoms with E-state index in [0.717, 1.165) is 26.4 Å². The third kappa shape index (κ3) is 4.43. The SMILES string of the molecule is COc1ccc(NC(=O)CSc2ncnc3scc(-c4ccc(C)cc4)c23)cc1Cl. The second kappa shape index (κ2) is 9.04. The molecule has 5 nitrogen and oxygen atoms in total. The van der Waals surface area contributed by atoms with Crippen LogP contribution < -0.4 is 10.1 Å². The molecule has 30 heavy (non-hydrogen) atoms. The van der Waals surface area contributed by atoms with Crippen molar-refractivity contribution in [2.24, 2.45) is 0 Å². The van der Waals surface area contributed by atoms with Gasteiger partial charge in [-0.25, -0.2) is 9.97 Å². The van der Waals surface area contributed by atoms with Crippen LogP contribution in [0.25, 0.3) is 21.3 Å². The normalized spacial score (nSPS) is 10.9. The van der Waals surface area contributed by atoms with Crippen molar-refractivity contribution in [1.29, 1.82) is 0 Å². The summed E-state index contributed by atoms with van der Waals surface area (Å²) in [5.74, 6) is 0.646. The zero-order chi connectivity index (χ0) is 21.1. The smallest absolute Gasteiger partial charge is 0.234 e. The number of amides is 1. The Morgan fingerprint density at radius 1 is 1.20 bits per heavy atom. The predicted molar refractivity (Wildman–Crippen MR) is 125 cm³/mol. The van der Waals surface area contributed by atoms with Gasteiger partial charge in [-0.15, -0.1) is 11.3 Å². The van der Waals surface area contributed by atoms with E-state index in [9.17, 15) is 4.79 Å². The van der Waals surface area contributed by atoms with Crippen molar-refractivity contribution in [2.75, 3.05) is 18.2 Å². The van der Waals surface area contributed by atoms with E-state index in [1.807, 2.05) is 0 Å². The molecule has 152 valence electrons. The standard InChI is InChI=1S/C22H18ClN3O2S2/c1-13-3-5-14(6-4-13)16-10-29-21-20(16)22(25-12-24-21)30-11-19(27)26-15-7-8-18(28-2)17(23)9-15/h3-10,12H,11H2,1-2H3,(H,26,27). The fraction of sp³-hybridized carbons (Fsp3) is 0.136. The minimum Gasteiger partial charge on any atom is -0.495 e. The van der Waals surface area contributed by atoms with Crippen molar-refractivity contribution in [3.05, 3.63) is 64.8 Å². The molecule has 0 saturated heterocycles. The number of aryl methyl sites for hydroxylation is 1. The van der Waals surface area contributed by atoms with Gasteiger partial charge in [-0.2, -0.15) is 0 Å². The molecule has 0 saturated carbocycles. The molecule has 2 heterocycles. The first-order valence-corrected chi connectivity index (χ1v) is 11.3. The fourth-order valence-corrected chi connectivity index (χ4v) is 5.03. The lowest BCUT2D eigenvalue weighted by Gasteiger charge is -2.08. The molecule has 0 spiro atoms. The number of nitrogens with one attached hydrogen (secondary N) is 1. The van der Waals surface area contributed by atoms with Crippen molar-refractivity contribution in [3.8, 4) is 16.9 Å². The molecule has 1 amide bonds. The number of thiophene rings is 1. The maximum atomic E-state index is 12.5. The highest BCUT2D eigenvalue weighted by Crippen LogP contribution is 2.38. The first kappa shape index (κ1) is 20.7. The lowest BCUT2D eigenvalue weighted by molar-refractivity contribution is -0.113. The quantitative estimate of drug-likeness (QED) is 0.283. The molecule has 0 bridgehead atoms. The van der Waals surface area contributed by atoms with Crippen molar-refractivity contribution >= 4 is 56.5 Å². The van der Waals surface area contributed by atoms with Crippen LogP contribution in [0.3, 0.4) is 0 Å². The van der Waals surface area contributed by atoms with Crippen LogP contribution in [0.15, 0.2) is 59.2 Å². The van der Waals surface area contributed by atoms with Gasteiger partial charge in [0.15, 0.2) is 0 Å². The predicted octanol–water partition coefficient (Wildman–Crippen LogP) is 6.06. The van der Waals surface area contributed by atoms with Crippen LogP contribution in [-0.4, -0.2) is 28.7 Å². The molecular weight excluding hydrogens is 438 g/mol. The van der Waals surface area contributed by atoms with Crippen molar-refractivity contribution < 1.29 is 9.53 Å². The molecular formula is C22H18ClN3O2S2.